The van der Waals surface area contributed by atoms with Gasteiger partial charge in [0.1, 0.15) is 11.3 Å². The first kappa shape index (κ1) is 14.8. The van der Waals surface area contributed by atoms with E-state index in [1.807, 2.05) is 0 Å². The third-order valence-electron chi connectivity index (χ3n) is 3.25. The summed E-state index contributed by atoms with van der Waals surface area (Å²) in [5.74, 6) is -1.16. The van der Waals surface area contributed by atoms with Crippen LogP contribution in [0, 0.1) is 0 Å². The molecule has 2 rings (SSSR count). The second kappa shape index (κ2) is 5.81. The standard InChI is InChI=1S/C11H16N4O4S/c1-8(9-6-12-2-3-14-9)20(18,19)15-5-4-13-7-10(15)11(16)17/h2-3,6,8,10,13H,4-5,7H2,1H3,(H,16,17)/t8-,10-/m0/s1. The molecule has 0 bridgehead atoms. The van der Waals surface area contributed by atoms with E-state index in [9.17, 15) is 13.2 Å². The highest BCUT2D eigenvalue weighted by molar-refractivity contribution is 7.89. The molecule has 0 amide bonds. The van der Waals surface area contributed by atoms with Crippen molar-refractivity contribution in [3.63, 3.8) is 0 Å². The second-order valence-corrected chi connectivity index (χ2v) is 6.69. The summed E-state index contributed by atoms with van der Waals surface area (Å²) in [7, 11) is -3.80. The lowest BCUT2D eigenvalue weighted by Crippen LogP contribution is -2.57. The van der Waals surface area contributed by atoms with E-state index >= 15 is 0 Å². The van der Waals surface area contributed by atoms with E-state index < -0.39 is 27.3 Å². The first-order chi connectivity index (χ1) is 9.44. The summed E-state index contributed by atoms with van der Waals surface area (Å²) in [5, 5.41) is 11.1. The highest BCUT2D eigenvalue weighted by Gasteiger charge is 2.40. The molecule has 1 aliphatic heterocycles. The molecule has 2 N–H and O–H groups in total. The SMILES string of the molecule is C[C@@H](c1cnccn1)S(=O)(=O)N1CCNC[C@H]1C(=O)O. The Kier molecular flexibility index (Phi) is 4.31. The zero-order valence-corrected chi connectivity index (χ0v) is 11.7. The predicted octanol–water partition coefficient (Wildman–Crippen LogP) is -0.774. The first-order valence-electron chi connectivity index (χ1n) is 6.14. The highest BCUT2D eigenvalue weighted by atomic mass is 32.2. The van der Waals surface area contributed by atoms with Crippen LogP contribution in [-0.4, -0.2) is 59.4 Å². The molecule has 1 aliphatic rings. The molecule has 20 heavy (non-hydrogen) atoms. The van der Waals surface area contributed by atoms with Crippen molar-refractivity contribution >= 4 is 16.0 Å². The van der Waals surface area contributed by atoms with E-state index in [1.165, 1.54) is 25.5 Å². The van der Waals surface area contributed by atoms with Crippen molar-refractivity contribution in [2.75, 3.05) is 19.6 Å². The number of piperazine rings is 1. The van der Waals surface area contributed by atoms with E-state index in [4.69, 9.17) is 5.11 Å². The molecule has 2 atom stereocenters. The van der Waals surface area contributed by atoms with Crippen LogP contribution in [0.1, 0.15) is 17.9 Å². The van der Waals surface area contributed by atoms with Crippen molar-refractivity contribution in [1.82, 2.24) is 19.6 Å². The average molecular weight is 300 g/mol. The van der Waals surface area contributed by atoms with Crippen LogP contribution in [0.15, 0.2) is 18.6 Å². The zero-order chi connectivity index (χ0) is 14.8. The summed E-state index contributed by atoms with van der Waals surface area (Å²) >= 11 is 0. The quantitative estimate of drug-likeness (QED) is 0.750. The Morgan fingerprint density at radius 1 is 1.55 bits per heavy atom. The maximum Gasteiger partial charge on any atom is 0.323 e. The number of carbonyl (C=O) groups is 1. The fraction of sp³-hybridized carbons (Fsp3) is 0.545. The van der Waals surface area contributed by atoms with Gasteiger partial charge in [0.05, 0.1) is 5.69 Å². The second-order valence-electron chi connectivity index (χ2n) is 4.49. The topological polar surface area (TPSA) is 112 Å². The molecular formula is C11H16N4O4S. The molecule has 0 unspecified atom stereocenters. The summed E-state index contributed by atoms with van der Waals surface area (Å²) in [5.41, 5.74) is 0.301. The summed E-state index contributed by atoms with van der Waals surface area (Å²) in [6.07, 6.45) is 4.24. The Labute approximate surface area is 116 Å². The predicted molar refractivity (Wildman–Crippen MR) is 70.4 cm³/mol. The Morgan fingerprint density at radius 3 is 2.90 bits per heavy atom. The molecule has 1 saturated heterocycles. The number of rotatable bonds is 4. The Hall–Kier alpha value is -1.58. The van der Waals surface area contributed by atoms with Gasteiger partial charge in [0.2, 0.25) is 10.0 Å². The maximum atomic E-state index is 12.6. The van der Waals surface area contributed by atoms with Crippen molar-refractivity contribution in [1.29, 1.82) is 0 Å². The number of carboxylic acid groups (broad SMARTS) is 1. The lowest BCUT2D eigenvalue weighted by molar-refractivity contribution is -0.141. The summed E-state index contributed by atoms with van der Waals surface area (Å²) in [6.45, 7) is 2.14. The van der Waals surface area contributed by atoms with E-state index in [0.29, 0.717) is 12.2 Å². The minimum Gasteiger partial charge on any atom is -0.480 e. The number of sulfonamides is 1. The molecular weight excluding hydrogens is 284 g/mol. The molecule has 0 spiro atoms. The zero-order valence-electron chi connectivity index (χ0n) is 10.9. The molecule has 0 saturated carbocycles. The molecule has 9 heteroatoms. The molecule has 1 aromatic heterocycles. The van der Waals surface area contributed by atoms with Crippen LogP contribution in [0.5, 0.6) is 0 Å². The number of hydrogen-bond donors (Lipinski definition) is 2. The number of aromatic nitrogens is 2. The van der Waals surface area contributed by atoms with Gasteiger partial charge in [-0.25, -0.2) is 8.42 Å². The molecule has 2 heterocycles. The van der Waals surface area contributed by atoms with Crippen LogP contribution in [0.4, 0.5) is 0 Å². The van der Waals surface area contributed by atoms with Gasteiger partial charge in [-0.3, -0.25) is 14.8 Å². The van der Waals surface area contributed by atoms with Crippen molar-refractivity contribution in [2.45, 2.75) is 18.2 Å². The number of hydrogen-bond acceptors (Lipinski definition) is 6. The van der Waals surface area contributed by atoms with Gasteiger partial charge in [-0.1, -0.05) is 0 Å². The number of nitrogens with one attached hydrogen (secondary N) is 1. The molecule has 8 nitrogen and oxygen atoms in total. The normalized spacial score (nSPS) is 22.4. The molecule has 0 aliphatic carbocycles. The van der Waals surface area contributed by atoms with Crippen molar-refractivity contribution in [2.24, 2.45) is 0 Å². The van der Waals surface area contributed by atoms with Crippen LogP contribution in [-0.2, 0) is 14.8 Å². The Balaban J connectivity index is 2.31. The minimum absolute atomic E-state index is 0.0990. The van der Waals surface area contributed by atoms with Crippen LogP contribution in [0.2, 0.25) is 0 Å². The Bertz CT molecular complexity index is 577. The van der Waals surface area contributed by atoms with Crippen LogP contribution in [0.3, 0.4) is 0 Å². The van der Waals surface area contributed by atoms with Gasteiger partial charge in [0.15, 0.2) is 0 Å². The summed E-state index contributed by atoms with van der Waals surface area (Å²) < 4.78 is 26.2. The molecule has 110 valence electrons. The van der Waals surface area contributed by atoms with Crippen LogP contribution < -0.4 is 5.32 Å². The summed E-state index contributed by atoms with van der Waals surface area (Å²) in [4.78, 5) is 19.0. The smallest absolute Gasteiger partial charge is 0.323 e. The minimum atomic E-state index is -3.80. The fourth-order valence-electron chi connectivity index (χ4n) is 2.08. The van der Waals surface area contributed by atoms with Crippen molar-refractivity contribution in [3.8, 4) is 0 Å². The molecule has 1 aromatic rings. The van der Waals surface area contributed by atoms with Crippen LogP contribution in [0.25, 0.3) is 0 Å². The fourth-order valence-corrected chi connectivity index (χ4v) is 3.78. The lowest BCUT2D eigenvalue weighted by Gasteiger charge is -2.34. The third kappa shape index (κ3) is 2.79. The maximum absolute atomic E-state index is 12.6. The number of nitrogens with zero attached hydrogens (tertiary/aromatic N) is 3. The largest absolute Gasteiger partial charge is 0.480 e. The van der Waals surface area contributed by atoms with E-state index in [0.717, 1.165) is 4.31 Å². The van der Waals surface area contributed by atoms with Gasteiger partial charge in [-0.2, -0.15) is 4.31 Å². The average Bonchev–Trinajstić information content (AvgIpc) is 2.47. The molecule has 0 radical (unpaired) electrons. The van der Waals surface area contributed by atoms with E-state index in [-0.39, 0.29) is 13.1 Å². The lowest BCUT2D eigenvalue weighted by atomic mass is 10.2. The van der Waals surface area contributed by atoms with Gasteiger partial charge >= 0.3 is 5.97 Å². The number of carboxylic acids is 1. The Morgan fingerprint density at radius 2 is 2.30 bits per heavy atom. The molecule has 1 fully saturated rings. The van der Waals surface area contributed by atoms with Crippen molar-refractivity contribution < 1.29 is 18.3 Å². The van der Waals surface area contributed by atoms with Gasteiger partial charge in [-0.15, -0.1) is 0 Å². The van der Waals surface area contributed by atoms with Crippen molar-refractivity contribution in [3.05, 3.63) is 24.3 Å². The number of aliphatic carboxylic acids is 1. The first-order valence-corrected chi connectivity index (χ1v) is 7.65. The highest BCUT2D eigenvalue weighted by Crippen LogP contribution is 2.25. The van der Waals surface area contributed by atoms with Gasteiger partial charge in [0.25, 0.3) is 0 Å². The monoisotopic (exact) mass is 300 g/mol. The van der Waals surface area contributed by atoms with Crippen LogP contribution >= 0.6 is 0 Å². The van der Waals surface area contributed by atoms with E-state index in [2.05, 4.69) is 15.3 Å². The summed E-state index contributed by atoms with van der Waals surface area (Å²) in [6, 6.07) is -1.09. The van der Waals surface area contributed by atoms with Gasteiger partial charge in [0, 0.05) is 38.2 Å². The van der Waals surface area contributed by atoms with E-state index in [1.54, 1.807) is 0 Å². The molecule has 0 aromatic carbocycles. The van der Waals surface area contributed by atoms with Gasteiger partial charge < -0.3 is 10.4 Å². The van der Waals surface area contributed by atoms with Gasteiger partial charge in [-0.05, 0) is 6.92 Å². The third-order valence-corrected chi connectivity index (χ3v) is 5.48.